The zero-order chi connectivity index (χ0) is 9.59. The van der Waals surface area contributed by atoms with E-state index < -0.39 is 0 Å². The summed E-state index contributed by atoms with van der Waals surface area (Å²) in [5.74, 6) is 0.866. The zero-order valence-electron chi connectivity index (χ0n) is 7.73. The van der Waals surface area contributed by atoms with Gasteiger partial charge in [-0.05, 0) is 25.5 Å². The Kier molecular flexibility index (Phi) is 1.99. The third kappa shape index (κ3) is 1.31. The predicted molar refractivity (Wildman–Crippen MR) is 57.1 cm³/mol. The molecule has 0 spiro atoms. The minimum absolute atomic E-state index is 0.246. The van der Waals surface area contributed by atoms with Crippen molar-refractivity contribution in [2.24, 2.45) is 0 Å². The molecule has 0 aromatic heterocycles. The van der Waals surface area contributed by atoms with Crippen LogP contribution in [0, 0.1) is 6.92 Å². The fourth-order valence-corrected chi connectivity index (χ4v) is 2.18. The number of fused-ring (bicyclic) bond motifs is 1. The van der Waals surface area contributed by atoms with Crippen molar-refractivity contribution in [1.29, 1.82) is 0 Å². The molecule has 0 amide bonds. The molecule has 2 rings (SSSR count). The highest BCUT2D eigenvalue weighted by atomic mass is 79.9. The van der Waals surface area contributed by atoms with Gasteiger partial charge < -0.3 is 10.5 Å². The maximum Gasteiger partial charge on any atom is 0.147 e. The van der Waals surface area contributed by atoms with Crippen LogP contribution in [0.2, 0.25) is 0 Å². The van der Waals surface area contributed by atoms with Gasteiger partial charge in [0.2, 0.25) is 0 Å². The smallest absolute Gasteiger partial charge is 0.147 e. The van der Waals surface area contributed by atoms with E-state index in [0.29, 0.717) is 0 Å². The molecule has 0 aliphatic carbocycles. The van der Waals surface area contributed by atoms with Crippen molar-refractivity contribution < 1.29 is 4.74 Å². The van der Waals surface area contributed by atoms with Gasteiger partial charge in [0.15, 0.2) is 0 Å². The van der Waals surface area contributed by atoms with Gasteiger partial charge in [0.05, 0.1) is 5.69 Å². The largest absolute Gasteiger partial charge is 0.488 e. The Morgan fingerprint density at radius 2 is 2.31 bits per heavy atom. The fraction of sp³-hybridized carbons (Fsp3) is 0.400. The van der Waals surface area contributed by atoms with E-state index in [9.17, 15) is 0 Å². The van der Waals surface area contributed by atoms with Crippen LogP contribution in [0.25, 0.3) is 0 Å². The number of benzene rings is 1. The van der Waals surface area contributed by atoms with Crippen LogP contribution in [-0.4, -0.2) is 6.10 Å². The first kappa shape index (κ1) is 8.88. The van der Waals surface area contributed by atoms with Gasteiger partial charge >= 0.3 is 0 Å². The van der Waals surface area contributed by atoms with E-state index in [1.807, 2.05) is 13.0 Å². The predicted octanol–water partition coefficient (Wildman–Crippen LogP) is 2.66. The van der Waals surface area contributed by atoms with Crippen LogP contribution in [-0.2, 0) is 6.42 Å². The van der Waals surface area contributed by atoms with Gasteiger partial charge in [-0.15, -0.1) is 0 Å². The highest BCUT2D eigenvalue weighted by Crippen LogP contribution is 2.40. The van der Waals surface area contributed by atoms with Gasteiger partial charge in [-0.25, -0.2) is 0 Å². The maximum atomic E-state index is 5.86. The molecule has 0 radical (unpaired) electrons. The quantitative estimate of drug-likeness (QED) is 0.710. The summed E-state index contributed by atoms with van der Waals surface area (Å²) in [4.78, 5) is 0. The topological polar surface area (TPSA) is 35.2 Å². The molecule has 1 aromatic carbocycles. The molecule has 1 aliphatic heterocycles. The number of hydrogen-bond donors (Lipinski definition) is 1. The van der Waals surface area contributed by atoms with E-state index in [1.165, 1.54) is 11.1 Å². The van der Waals surface area contributed by atoms with Gasteiger partial charge in [-0.2, -0.15) is 0 Å². The molecule has 13 heavy (non-hydrogen) atoms. The number of aryl methyl sites for hydroxylation is 1. The van der Waals surface area contributed by atoms with Crippen LogP contribution in [0.1, 0.15) is 18.1 Å². The van der Waals surface area contributed by atoms with E-state index in [1.54, 1.807) is 0 Å². The normalized spacial score (nSPS) is 19.8. The Hall–Kier alpha value is -0.700. The Labute approximate surface area is 86.2 Å². The molecule has 0 fully saturated rings. The van der Waals surface area contributed by atoms with E-state index in [2.05, 4.69) is 22.9 Å². The number of ether oxygens (including phenoxy) is 1. The van der Waals surface area contributed by atoms with Gasteiger partial charge in [-0.1, -0.05) is 15.9 Å². The van der Waals surface area contributed by atoms with Gasteiger partial charge in [-0.3, -0.25) is 0 Å². The summed E-state index contributed by atoms with van der Waals surface area (Å²) in [6, 6.07) is 1.95. The Morgan fingerprint density at radius 1 is 1.62 bits per heavy atom. The number of nitrogen functional groups attached to an aromatic ring is 1. The monoisotopic (exact) mass is 241 g/mol. The van der Waals surface area contributed by atoms with Crippen molar-refractivity contribution in [2.45, 2.75) is 26.4 Å². The minimum atomic E-state index is 0.246. The molecular formula is C10H12BrNO. The lowest BCUT2D eigenvalue weighted by molar-refractivity contribution is 0.256. The van der Waals surface area contributed by atoms with Crippen molar-refractivity contribution in [3.8, 4) is 5.75 Å². The van der Waals surface area contributed by atoms with Crippen LogP contribution >= 0.6 is 15.9 Å². The van der Waals surface area contributed by atoms with Crippen LogP contribution in [0.3, 0.4) is 0 Å². The lowest BCUT2D eigenvalue weighted by Crippen LogP contribution is -2.05. The van der Waals surface area contributed by atoms with Crippen molar-refractivity contribution >= 4 is 21.6 Å². The van der Waals surface area contributed by atoms with Crippen LogP contribution in [0.15, 0.2) is 10.5 Å². The van der Waals surface area contributed by atoms with Gasteiger partial charge in [0, 0.05) is 16.5 Å². The molecule has 1 atom stereocenters. The van der Waals surface area contributed by atoms with Crippen molar-refractivity contribution in [1.82, 2.24) is 0 Å². The number of halogens is 1. The average molecular weight is 242 g/mol. The Bertz CT molecular complexity index is 362. The molecule has 1 aromatic rings. The molecule has 70 valence electrons. The second-order valence-electron chi connectivity index (χ2n) is 3.54. The second-order valence-corrected chi connectivity index (χ2v) is 4.33. The maximum absolute atomic E-state index is 5.86. The molecule has 3 heteroatoms. The Balaban J connectivity index is 2.62. The first-order chi connectivity index (χ1) is 6.09. The van der Waals surface area contributed by atoms with Crippen molar-refractivity contribution in [2.75, 3.05) is 5.73 Å². The third-order valence-electron chi connectivity index (χ3n) is 2.33. The highest BCUT2D eigenvalue weighted by Gasteiger charge is 2.24. The fourth-order valence-electron chi connectivity index (χ4n) is 1.73. The second kappa shape index (κ2) is 2.91. The van der Waals surface area contributed by atoms with Gasteiger partial charge in [0.1, 0.15) is 11.9 Å². The van der Waals surface area contributed by atoms with Gasteiger partial charge in [0.25, 0.3) is 0 Å². The summed E-state index contributed by atoms with van der Waals surface area (Å²) >= 11 is 3.56. The van der Waals surface area contributed by atoms with E-state index in [-0.39, 0.29) is 6.10 Å². The van der Waals surface area contributed by atoms with Crippen molar-refractivity contribution in [3.05, 3.63) is 21.7 Å². The van der Waals surface area contributed by atoms with Crippen molar-refractivity contribution in [3.63, 3.8) is 0 Å². The number of anilines is 1. The highest BCUT2D eigenvalue weighted by molar-refractivity contribution is 9.10. The third-order valence-corrected chi connectivity index (χ3v) is 3.43. The molecule has 0 bridgehead atoms. The summed E-state index contributed by atoms with van der Waals surface area (Å²) in [5.41, 5.74) is 9.00. The minimum Gasteiger partial charge on any atom is -0.488 e. The lowest BCUT2D eigenvalue weighted by atomic mass is 10.1. The summed E-state index contributed by atoms with van der Waals surface area (Å²) < 4.78 is 6.76. The van der Waals surface area contributed by atoms with E-state index in [4.69, 9.17) is 10.5 Å². The number of hydrogen-bond acceptors (Lipinski definition) is 2. The van der Waals surface area contributed by atoms with E-state index >= 15 is 0 Å². The molecule has 2 N–H and O–H groups in total. The van der Waals surface area contributed by atoms with Crippen LogP contribution < -0.4 is 10.5 Å². The number of nitrogens with two attached hydrogens (primary N) is 1. The molecule has 1 heterocycles. The molecular weight excluding hydrogens is 230 g/mol. The summed E-state index contributed by atoms with van der Waals surface area (Å²) in [6.45, 7) is 4.10. The standard InChI is InChI=1S/C10H12BrNO/c1-5-3-8(12)10-7(9(5)11)4-6(2)13-10/h3,6H,4,12H2,1-2H3/t6-/m1/s1. The number of rotatable bonds is 0. The first-order valence-corrected chi connectivity index (χ1v) is 5.13. The molecule has 0 saturated carbocycles. The first-order valence-electron chi connectivity index (χ1n) is 4.33. The lowest BCUT2D eigenvalue weighted by Gasteiger charge is -2.08. The summed E-state index contributed by atoms with van der Waals surface area (Å²) in [6.07, 6.45) is 1.19. The molecule has 1 aliphatic rings. The van der Waals surface area contributed by atoms with E-state index in [0.717, 1.165) is 22.3 Å². The average Bonchev–Trinajstić information content (AvgIpc) is 2.44. The molecule has 0 saturated heterocycles. The summed E-state index contributed by atoms with van der Waals surface area (Å²) in [7, 11) is 0. The van der Waals surface area contributed by atoms with Crippen LogP contribution in [0.5, 0.6) is 5.75 Å². The SMILES string of the molecule is Cc1cc(N)c2c(c1Br)C[C@@H](C)O2. The summed E-state index contributed by atoms with van der Waals surface area (Å²) in [5, 5.41) is 0. The van der Waals surface area contributed by atoms with Crippen LogP contribution in [0.4, 0.5) is 5.69 Å². The molecule has 2 nitrogen and oxygen atoms in total. The Morgan fingerprint density at radius 3 is 3.00 bits per heavy atom. The zero-order valence-corrected chi connectivity index (χ0v) is 9.31. The molecule has 0 unspecified atom stereocenters.